The fourth-order valence-corrected chi connectivity index (χ4v) is 5.02. The van der Waals surface area contributed by atoms with Crippen LogP contribution in [0.4, 0.5) is 10.8 Å². The number of rotatable bonds is 7. The number of hydrogen-bond donors (Lipinski definition) is 1. The van der Waals surface area contributed by atoms with E-state index in [2.05, 4.69) is 10.3 Å². The first-order valence-corrected chi connectivity index (χ1v) is 11.5. The van der Waals surface area contributed by atoms with Crippen molar-refractivity contribution in [3.8, 4) is 0 Å². The summed E-state index contributed by atoms with van der Waals surface area (Å²) in [7, 11) is 0. The number of amides is 3. The number of benzene rings is 1. The monoisotopic (exact) mass is 456 g/mol. The van der Waals surface area contributed by atoms with Gasteiger partial charge >= 0.3 is 5.97 Å². The lowest BCUT2D eigenvalue weighted by atomic mass is 9.95. The van der Waals surface area contributed by atoms with Gasteiger partial charge in [0.25, 0.3) is 11.8 Å². The van der Waals surface area contributed by atoms with Gasteiger partial charge in [0.15, 0.2) is 5.13 Å². The summed E-state index contributed by atoms with van der Waals surface area (Å²) >= 11 is 1.18. The minimum Gasteiger partial charge on any atom is -0.466 e. The molecule has 168 valence electrons. The lowest BCUT2D eigenvalue weighted by molar-refractivity contribution is -0.142. The Labute approximate surface area is 189 Å². The Morgan fingerprint density at radius 1 is 1.25 bits per heavy atom. The molecule has 3 heterocycles. The number of carbonyl (C=O) groups excluding carboxylic acids is 4. The summed E-state index contributed by atoms with van der Waals surface area (Å²) in [6.07, 6.45) is 0.982. The van der Waals surface area contributed by atoms with Crippen molar-refractivity contribution in [1.29, 1.82) is 0 Å². The first kappa shape index (κ1) is 21.9. The molecule has 2 aliphatic heterocycles. The average Bonchev–Trinajstić information content (AvgIpc) is 3.36. The van der Waals surface area contributed by atoms with Gasteiger partial charge < -0.3 is 9.64 Å². The van der Waals surface area contributed by atoms with Crippen molar-refractivity contribution < 1.29 is 23.9 Å². The number of anilines is 2. The highest BCUT2D eigenvalue weighted by Crippen LogP contribution is 2.45. The molecule has 2 aliphatic rings. The van der Waals surface area contributed by atoms with Crippen molar-refractivity contribution in [3.05, 3.63) is 40.9 Å². The number of hydrogen-bond acceptors (Lipinski definition) is 7. The Morgan fingerprint density at radius 3 is 2.78 bits per heavy atom. The molecule has 1 saturated heterocycles. The van der Waals surface area contributed by atoms with Crippen LogP contribution < -0.4 is 10.2 Å². The molecule has 32 heavy (non-hydrogen) atoms. The molecular formula is C22H24N4O5S. The van der Waals surface area contributed by atoms with E-state index in [0.29, 0.717) is 35.0 Å². The Bertz CT molecular complexity index is 1080. The molecule has 1 fully saturated rings. The summed E-state index contributed by atoms with van der Waals surface area (Å²) in [5.41, 5.74) is -0.114. The van der Waals surface area contributed by atoms with Crippen molar-refractivity contribution in [2.24, 2.45) is 0 Å². The van der Waals surface area contributed by atoms with Gasteiger partial charge in [-0.15, -0.1) is 11.3 Å². The zero-order valence-electron chi connectivity index (χ0n) is 17.9. The van der Waals surface area contributed by atoms with Crippen LogP contribution in [-0.4, -0.2) is 52.4 Å². The molecule has 9 nitrogen and oxygen atoms in total. The Balaban J connectivity index is 1.68. The summed E-state index contributed by atoms with van der Waals surface area (Å²) < 4.78 is 4.93. The maximum Gasteiger partial charge on any atom is 0.311 e. The molecule has 1 N–H and O–H groups in total. The number of para-hydroxylation sites is 1. The van der Waals surface area contributed by atoms with Crippen LogP contribution in [0.5, 0.6) is 0 Å². The number of carbonyl (C=O) groups is 4. The van der Waals surface area contributed by atoms with E-state index in [9.17, 15) is 19.2 Å². The van der Waals surface area contributed by atoms with Crippen LogP contribution in [0, 0.1) is 0 Å². The first-order valence-electron chi connectivity index (χ1n) is 10.6. The van der Waals surface area contributed by atoms with Crippen molar-refractivity contribution in [3.63, 3.8) is 0 Å². The van der Waals surface area contributed by atoms with E-state index in [1.165, 1.54) is 21.1 Å². The quantitative estimate of drug-likeness (QED) is 0.642. The summed E-state index contributed by atoms with van der Waals surface area (Å²) in [4.78, 5) is 58.9. The van der Waals surface area contributed by atoms with E-state index in [-0.39, 0.29) is 37.7 Å². The molecular weight excluding hydrogens is 432 g/mol. The summed E-state index contributed by atoms with van der Waals surface area (Å²) in [6, 6.07) is 6.87. The molecule has 10 heteroatoms. The van der Waals surface area contributed by atoms with Gasteiger partial charge in [-0.1, -0.05) is 19.1 Å². The third-order valence-electron chi connectivity index (χ3n) is 5.59. The minimum absolute atomic E-state index is 0.00376. The molecule has 1 aromatic carbocycles. The summed E-state index contributed by atoms with van der Waals surface area (Å²) in [5.74, 6) is -1.36. The van der Waals surface area contributed by atoms with Crippen molar-refractivity contribution in [1.82, 2.24) is 9.88 Å². The van der Waals surface area contributed by atoms with E-state index in [0.717, 1.165) is 0 Å². The Kier molecular flexibility index (Phi) is 5.96. The molecule has 3 amide bonds. The zero-order chi connectivity index (χ0) is 22.9. The van der Waals surface area contributed by atoms with Crippen LogP contribution in [0.15, 0.2) is 29.6 Å². The highest BCUT2D eigenvalue weighted by atomic mass is 32.1. The van der Waals surface area contributed by atoms with Crippen LogP contribution in [0.3, 0.4) is 0 Å². The van der Waals surface area contributed by atoms with E-state index < -0.39 is 17.5 Å². The highest BCUT2D eigenvalue weighted by molar-refractivity contribution is 7.14. The molecule has 0 saturated carbocycles. The molecule has 2 aromatic rings. The highest BCUT2D eigenvalue weighted by Gasteiger charge is 2.60. The zero-order valence-corrected chi connectivity index (χ0v) is 18.7. The summed E-state index contributed by atoms with van der Waals surface area (Å²) in [6.45, 7) is 4.26. The van der Waals surface area contributed by atoms with E-state index in [1.54, 1.807) is 36.6 Å². The van der Waals surface area contributed by atoms with E-state index in [1.807, 2.05) is 6.92 Å². The van der Waals surface area contributed by atoms with Gasteiger partial charge in [0.05, 0.1) is 30.0 Å². The largest absolute Gasteiger partial charge is 0.466 e. The molecule has 0 radical (unpaired) electrons. The summed E-state index contributed by atoms with van der Waals surface area (Å²) in [5, 5.41) is 4.76. The Morgan fingerprint density at radius 2 is 2.03 bits per heavy atom. The van der Waals surface area contributed by atoms with Crippen molar-refractivity contribution >= 4 is 45.8 Å². The van der Waals surface area contributed by atoms with Crippen LogP contribution >= 0.6 is 11.3 Å². The molecule has 0 unspecified atom stereocenters. The second-order valence-electron chi connectivity index (χ2n) is 7.60. The molecule has 0 spiro atoms. The second kappa shape index (κ2) is 8.70. The maximum atomic E-state index is 13.7. The standard InChI is InChI=1S/C22H24N4O5S/c1-3-11-25-19(29)15-7-5-6-8-16(15)26-17(27)9-10-22(25,26)20(30)24-21-23-14(13-32-21)12-18(28)31-4-2/h5-8,13H,3-4,9-12H2,1-2H3,(H,23,24,30)/t22-/m1/s1. The van der Waals surface area contributed by atoms with Crippen LogP contribution in [0.25, 0.3) is 0 Å². The first-order chi connectivity index (χ1) is 15.4. The van der Waals surface area contributed by atoms with Crippen LogP contribution in [-0.2, 0) is 25.5 Å². The van der Waals surface area contributed by atoms with Crippen LogP contribution in [0.1, 0.15) is 49.2 Å². The van der Waals surface area contributed by atoms with E-state index in [4.69, 9.17) is 4.74 Å². The molecule has 0 aliphatic carbocycles. The lowest BCUT2D eigenvalue weighted by Crippen LogP contribution is -2.69. The van der Waals surface area contributed by atoms with Gasteiger partial charge in [-0.3, -0.25) is 29.4 Å². The number of ether oxygens (including phenoxy) is 1. The van der Waals surface area contributed by atoms with Crippen LogP contribution in [0.2, 0.25) is 0 Å². The predicted octanol–water partition coefficient (Wildman–Crippen LogP) is 2.58. The van der Waals surface area contributed by atoms with Gasteiger partial charge in [-0.05, 0) is 25.5 Å². The lowest BCUT2D eigenvalue weighted by Gasteiger charge is -2.49. The minimum atomic E-state index is -1.45. The Hall–Kier alpha value is -3.27. The number of nitrogens with one attached hydrogen (secondary N) is 1. The van der Waals surface area contributed by atoms with Gasteiger partial charge in [-0.25, -0.2) is 4.98 Å². The van der Waals surface area contributed by atoms with Gasteiger partial charge in [-0.2, -0.15) is 0 Å². The van der Waals surface area contributed by atoms with Crippen molar-refractivity contribution in [2.45, 2.75) is 45.2 Å². The van der Waals surface area contributed by atoms with E-state index >= 15 is 0 Å². The van der Waals surface area contributed by atoms with Gasteiger partial charge in [0, 0.05) is 24.8 Å². The fraction of sp³-hybridized carbons (Fsp3) is 0.409. The molecule has 0 bridgehead atoms. The number of nitrogens with zero attached hydrogens (tertiary/aromatic N) is 3. The normalized spacial score (nSPS) is 19.6. The maximum absolute atomic E-state index is 13.7. The third kappa shape index (κ3) is 3.54. The number of esters is 1. The molecule has 1 aromatic heterocycles. The van der Waals surface area contributed by atoms with Crippen molar-refractivity contribution in [2.75, 3.05) is 23.4 Å². The van der Waals surface area contributed by atoms with Gasteiger partial charge in [0.2, 0.25) is 11.6 Å². The predicted molar refractivity (Wildman–Crippen MR) is 118 cm³/mol. The molecule has 4 rings (SSSR count). The smallest absolute Gasteiger partial charge is 0.311 e. The fourth-order valence-electron chi connectivity index (χ4n) is 4.31. The number of aromatic nitrogens is 1. The number of thiazole rings is 1. The third-order valence-corrected chi connectivity index (χ3v) is 6.39. The average molecular weight is 457 g/mol. The van der Waals surface area contributed by atoms with Gasteiger partial charge in [0.1, 0.15) is 0 Å². The number of fused-ring (bicyclic) bond motifs is 3. The molecule has 1 atom stereocenters. The second-order valence-corrected chi connectivity index (χ2v) is 8.46. The topological polar surface area (TPSA) is 109 Å². The SMILES string of the molecule is CCCN1C(=O)c2ccccc2N2C(=O)CC[C@@]12C(=O)Nc1nc(CC(=O)OCC)cs1.